The molecule has 1 unspecified atom stereocenters. The van der Waals surface area contributed by atoms with E-state index in [1.54, 1.807) is 34.8 Å². The predicted octanol–water partition coefficient (Wildman–Crippen LogP) is 5.08. The Morgan fingerprint density at radius 3 is 2.23 bits per heavy atom. The van der Waals surface area contributed by atoms with Crippen LogP contribution in [0.15, 0.2) is 24.3 Å². The van der Waals surface area contributed by atoms with Gasteiger partial charge in [-0.1, -0.05) is 19.3 Å². The number of piperidine rings is 1. The van der Waals surface area contributed by atoms with E-state index in [1.807, 2.05) is 29.2 Å². The van der Waals surface area contributed by atoms with Crippen LogP contribution in [0, 0.1) is 11.8 Å². The molecule has 0 radical (unpaired) electrons. The van der Waals surface area contributed by atoms with E-state index in [2.05, 4.69) is 10.0 Å². The van der Waals surface area contributed by atoms with Gasteiger partial charge in [-0.15, -0.1) is 11.8 Å². The second-order valence-corrected chi connectivity index (χ2v) is 15.0. The molecule has 44 heavy (non-hydrogen) atoms. The molecule has 0 aromatic heterocycles. The van der Waals surface area contributed by atoms with Crippen LogP contribution >= 0.6 is 23.7 Å². The van der Waals surface area contributed by atoms with Crippen LogP contribution in [0.4, 0.5) is 4.79 Å². The fourth-order valence-corrected chi connectivity index (χ4v) is 8.64. The van der Waals surface area contributed by atoms with Crippen molar-refractivity contribution in [2.24, 2.45) is 11.8 Å². The number of carbonyl (C=O) groups excluding carboxylic acids is 4. The first-order valence-corrected chi connectivity index (χ1v) is 17.8. The number of hydrogen-bond donors (Lipinski definition) is 2. The average molecular weight is 649 g/mol. The zero-order valence-electron chi connectivity index (χ0n) is 26.6. The highest BCUT2D eigenvalue weighted by Gasteiger charge is 2.39. The van der Waals surface area contributed by atoms with Crippen LogP contribution in [0.2, 0.25) is 0 Å². The van der Waals surface area contributed by atoms with Crippen molar-refractivity contribution >= 4 is 47.5 Å². The largest absolute Gasteiger partial charge is 0.497 e. The van der Waals surface area contributed by atoms with Gasteiger partial charge in [0.2, 0.25) is 5.91 Å². The molecule has 1 aromatic carbocycles. The van der Waals surface area contributed by atoms with E-state index in [1.165, 1.54) is 47.9 Å². The highest BCUT2D eigenvalue weighted by Crippen LogP contribution is 2.39. The molecule has 2 heterocycles. The second kappa shape index (κ2) is 15.6. The van der Waals surface area contributed by atoms with Gasteiger partial charge in [0.05, 0.1) is 13.0 Å². The Labute approximate surface area is 270 Å². The highest BCUT2D eigenvalue weighted by molar-refractivity contribution is 7.99. The van der Waals surface area contributed by atoms with Gasteiger partial charge < -0.3 is 19.7 Å². The molecule has 12 heteroatoms. The standard InChI is InChI=1S/C32H48N4O6S2/c1-21(33-29(38)26-19-43-20-36(26)31(40)42-32(2,3)4)28(37)34-44-27(22-9-7-6-8-10-22)23-15-17-35(18-16-23)30(39)24-11-13-25(41-5)14-12-24/h11-14,21-23,26-27H,6-10,15-20H2,1-5H3,(H,33,38)(H,34,37)/t21-,26+,27?/m1/s1. The Kier molecular flexibility index (Phi) is 12.2. The van der Waals surface area contributed by atoms with Crippen LogP contribution in [-0.2, 0) is 14.3 Å². The van der Waals surface area contributed by atoms with E-state index in [0.717, 1.165) is 31.4 Å². The molecular weight excluding hydrogens is 601 g/mol. The van der Waals surface area contributed by atoms with Gasteiger partial charge in [-0.2, -0.15) is 0 Å². The Hall–Kier alpha value is -2.60. The van der Waals surface area contributed by atoms with Gasteiger partial charge in [-0.25, -0.2) is 4.79 Å². The SMILES string of the molecule is COc1ccc(C(=O)N2CCC(C(SNC(=O)[C@@H](C)NC(=O)[C@@H]3CSCN3C(=O)OC(C)(C)C)C3CCCCC3)CC2)cc1. The number of ether oxygens (including phenoxy) is 2. The van der Waals surface area contributed by atoms with Crippen LogP contribution in [0.25, 0.3) is 0 Å². The van der Waals surface area contributed by atoms with Crippen LogP contribution in [0.1, 0.15) is 83.0 Å². The number of hydrogen-bond acceptors (Lipinski definition) is 8. The zero-order valence-corrected chi connectivity index (χ0v) is 28.3. The maximum absolute atomic E-state index is 13.2. The van der Waals surface area contributed by atoms with Crippen molar-refractivity contribution in [3.05, 3.63) is 29.8 Å². The molecule has 0 bridgehead atoms. The molecule has 2 saturated heterocycles. The summed E-state index contributed by atoms with van der Waals surface area (Å²) in [6.07, 6.45) is 7.18. The Morgan fingerprint density at radius 2 is 1.61 bits per heavy atom. The number of thioether (sulfide) groups is 1. The van der Waals surface area contributed by atoms with E-state index in [0.29, 0.717) is 42.1 Å². The van der Waals surface area contributed by atoms with Crippen molar-refractivity contribution in [1.82, 2.24) is 19.8 Å². The third-order valence-corrected chi connectivity index (χ3v) is 11.0. The van der Waals surface area contributed by atoms with Crippen molar-refractivity contribution < 1.29 is 28.7 Å². The first-order chi connectivity index (χ1) is 21.0. The van der Waals surface area contributed by atoms with Gasteiger partial charge >= 0.3 is 6.09 Å². The fourth-order valence-electron chi connectivity index (χ4n) is 6.14. The molecule has 3 atom stereocenters. The van der Waals surface area contributed by atoms with Crippen LogP contribution in [0.3, 0.4) is 0 Å². The third kappa shape index (κ3) is 9.22. The van der Waals surface area contributed by atoms with Crippen molar-refractivity contribution in [2.45, 2.75) is 95.6 Å². The summed E-state index contributed by atoms with van der Waals surface area (Å²) in [6.45, 7) is 8.42. The summed E-state index contributed by atoms with van der Waals surface area (Å²) >= 11 is 2.98. The summed E-state index contributed by atoms with van der Waals surface area (Å²) < 4.78 is 13.8. The number of amides is 4. The number of carbonyl (C=O) groups is 4. The molecule has 10 nitrogen and oxygen atoms in total. The summed E-state index contributed by atoms with van der Waals surface area (Å²) in [4.78, 5) is 55.4. The molecule has 1 aliphatic carbocycles. The zero-order chi connectivity index (χ0) is 31.9. The molecule has 4 amide bonds. The van der Waals surface area contributed by atoms with E-state index >= 15 is 0 Å². The smallest absolute Gasteiger partial charge is 0.411 e. The molecule has 2 N–H and O–H groups in total. The summed E-state index contributed by atoms with van der Waals surface area (Å²) in [6, 6.07) is 5.81. The number of rotatable bonds is 9. The lowest BCUT2D eigenvalue weighted by Gasteiger charge is -2.40. The maximum atomic E-state index is 13.2. The van der Waals surface area contributed by atoms with Gasteiger partial charge in [0.15, 0.2) is 0 Å². The average Bonchev–Trinajstić information content (AvgIpc) is 3.51. The topological polar surface area (TPSA) is 117 Å². The molecule has 4 rings (SSSR count). The third-order valence-electron chi connectivity index (χ3n) is 8.60. The molecule has 3 aliphatic rings. The van der Waals surface area contributed by atoms with E-state index in [-0.39, 0.29) is 23.0 Å². The summed E-state index contributed by atoms with van der Waals surface area (Å²) in [7, 11) is 1.61. The highest BCUT2D eigenvalue weighted by atomic mass is 32.2. The van der Waals surface area contributed by atoms with E-state index in [4.69, 9.17) is 9.47 Å². The predicted molar refractivity (Wildman–Crippen MR) is 175 cm³/mol. The van der Waals surface area contributed by atoms with Crippen molar-refractivity contribution in [3.8, 4) is 5.75 Å². The molecule has 1 saturated carbocycles. The maximum Gasteiger partial charge on any atom is 0.411 e. The van der Waals surface area contributed by atoms with Crippen LogP contribution in [-0.4, -0.2) is 88.4 Å². The number of benzene rings is 1. The number of nitrogens with one attached hydrogen (secondary N) is 2. The van der Waals surface area contributed by atoms with Gasteiger partial charge in [0.1, 0.15) is 23.4 Å². The molecular formula is C32H48N4O6S2. The normalized spacial score (nSPS) is 21.3. The van der Waals surface area contributed by atoms with E-state index in [9.17, 15) is 19.2 Å². The minimum atomic E-state index is -0.753. The lowest BCUT2D eigenvalue weighted by Crippen LogP contribution is -2.53. The fraction of sp³-hybridized carbons (Fsp3) is 0.688. The van der Waals surface area contributed by atoms with Gasteiger partial charge in [0, 0.05) is 29.7 Å². The molecule has 244 valence electrons. The minimum Gasteiger partial charge on any atom is -0.497 e. The minimum absolute atomic E-state index is 0.0386. The first kappa shape index (κ1) is 34.3. The molecule has 3 fully saturated rings. The molecule has 1 aromatic rings. The Bertz CT molecular complexity index is 1150. The van der Waals surface area contributed by atoms with Crippen molar-refractivity contribution in [3.63, 3.8) is 0 Å². The number of nitrogens with zero attached hydrogens (tertiary/aromatic N) is 2. The number of likely N-dealkylation sites (tertiary alicyclic amines) is 1. The first-order valence-electron chi connectivity index (χ1n) is 15.7. The monoisotopic (exact) mass is 648 g/mol. The number of methoxy groups -OCH3 is 1. The van der Waals surface area contributed by atoms with Gasteiger partial charge in [-0.3, -0.25) is 24.0 Å². The summed E-state index contributed by atoms with van der Waals surface area (Å²) in [5.41, 5.74) is 0.00372. The quantitative estimate of drug-likeness (QED) is 0.357. The lowest BCUT2D eigenvalue weighted by molar-refractivity contribution is -0.130. The molecule has 0 spiro atoms. The summed E-state index contributed by atoms with van der Waals surface area (Å²) in [5, 5.41) is 3.06. The Morgan fingerprint density at radius 1 is 0.977 bits per heavy atom. The van der Waals surface area contributed by atoms with E-state index < -0.39 is 23.8 Å². The van der Waals surface area contributed by atoms with Gasteiger partial charge in [-0.05, 0) is 101 Å². The lowest BCUT2D eigenvalue weighted by atomic mass is 9.79. The Balaban J connectivity index is 1.31. The van der Waals surface area contributed by atoms with Crippen molar-refractivity contribution in [2.75, 3.05) is 31.8 Å². The van der Waals surface area contributed by atoms with Crippen LogP contribution in [0.5, 0.6) is 5.75 Å². The molecule has 2 aliphatic heterocycles. The summed E-state index contributed by atoms with van der Waals surface area (Å²) in [5.74, 6) is 1.86. The van der Waals surface area contributed by atoms with Crippen molar-refractivity contribution in [1.29, 1.82) is 0 Å². The second-order valence-electron chi connectivity index (χ2n) is 13.0. The van der Waals surface area contributed by atoms with Crippen LogP contribution < -0.4 is 14.8 Å². The van der Waals surface area contributed by atoms with Gasteiger partial charge in [0.25, 0.3) is 11.8 Å².